The van der Waals surface area contributed by atoms with E-state index in [0.29, 0.717) is 17.1 Å². The molecule has 6 nitrogen and oxygen atoms in total. The summed E-state index contributed by atoms with van der Waals surface area (Å²) < 4.78 is 10.9. The Morgan fingerprint density at radius 3 is 2.57 bits per heavy atom. The number of hydrogen-bond acceptors (Lipinski definition) is 4. The molecule has 1 aromatic carbocycles. The third-order valence-electron chi connectivity index (χ3n) is 3.80. The van der Waals surface area contributed by atoms with E-state index in [-0.39, 0.29) is 24.5 Å². The van der Waals surface area contributed by atoms with Gasteiger partial charge in [0.1, 0.15) is 12.4 Å². The molecule has 0 unspecified atom stereocenters. The van der Waals surface area contributed by atoms with Gasteiger partial charge in [-0.15, -0.1) is 0 Å². The minimum absolute atomic E-state index is 0.0560. The van der Waals surface area contributed by atoms with Crippen LogP contribution < -0.4 is 15.4 Å². The third kappa shape index (κ3) is 5.56. The zero-order chi connectivity index (χ0) is 16.7. The molecule has 0 aromatic heterocycles. The second kappa shape index (κ2) is 8.53. The molecular formula is C17H24N2O4. The lowest BCUT2D eigenvalue weighted by Crippen LogP contribution is -2.24. The number of carbonyl (C=O) groups excluding carboxylic acids is 2. The van der Waals surface area contributed by atoms with Gasteiger partial charge in [-0.1, -0.05) is 19.3 Å². The van der Waals surface area contributed by atoms with Crippen LogP contribution in [0.2, 0.25) is 0 Å². The van der Waals surface area contributed by atoms with Gasteiger partial charge in [-0.2, -0.15) is 0 Å². The van der Waals surface area contributed by atoms with Crippen molar-refractivity contribution in [3.8, 4) is 5.75 Å². The van der Waals surface area contributed by atoms with Crippen LogP contribution in [0.1, 0.15) is 39.0 Å². The Bertz CT molecular complexity index is 554. The highest BCUT2D eigenvalue weighted by atomic mass is 16.5. The van der Waals surface area contributed by atoms with Crippen molar-refractivity contribution in [3.05, 3.63) is 18.2 Å². The average molecular weight is 320 g/mol. The fourth-order valence-corrected chi connectivity index (χ4v) is 2.68. The number of nitrogens with one attached hydrogen (secondary N) is 2. The van der Waals surface area contributed by atoms with Gasteiger partial charge in [-0.05, 0) is 25.0 Å². The normalized spacial score (nSPS) is 15.0. The van der Waals surface area contributed by atoms with Gasteiger partial charge in [-0.25, -0.2) is 0 Å². The molecule has 126 valence electrons. The number of ether oxygens (including phenoxy) is 2. The molecule has 0 atom stereocenters. The van der Waals surface area contributed by atoms with E-state index in [1.165, 1.54) is 33.3 Å². The van der Waals surface area contributed by atoms with Gasteiger partial charge >= 0.3 is 0 Å². The summed E-state index contributed by atoms with van der Waals surface area (Å²) in [7, 11) is 1.51. The van der Waals surface area contributed by atoms with Gasteiger partial charge in [-0.3, -0.25) is 9.59 Å². The molecule has 2 rings (SSSR count). The quantitative estimate of drug-likeness (QED) is 0.845. The molecule has 2 N–H and O–H groups in total. The molecule has 23 heavy (non-hydrogen) atoms. The topological polar surface area (TPSA) is 76.7 Å². The molecular weight excluding hydrogens is 296 g/mol. The van der Waals surface area contributed by atoms with Crippen molar-refractivity contribution in [1.29, 1.82) is 0 Å². The zero-order valence-electron chi connectivity index (χ0n) is 13.7. The largest absolute Gasteiger partial charge is 0.494 e. The second-order valence-electron chi connectivity index (χ2n) is 5.72. The molecule has 0 heterocycles. The van der Waals surface area contributed by atoms with E-state index in [9.17, 15) is 9.59 Å². The van der Waals surface area contributed by atoms with E-state index >= 15 is 0 Å². The molecule has 0 saturated heterocycles. The number of rotatable bonds is 6. The Morgan fingerprint density at radius 1 is 1.17 bits per heavy atom. The van der Waals surface area contributed by atoms with Crippen LogP contribution in [0.15, 0.2) is 18.2 Å². The maximum Gasteiger partial charge on any atom is 0.250 e. The summed E-state index contributed by atoms with van der Waals surface area (Å²) >= 11 is 0. The minimum Gasteiger partial charge on any atom is -0.494 e. The van der Waals surface area contributed by atoms with E-state index < -0.39 is 0 Å². The number of anilines is 2. The average Bonchev–Trinajstić information content (AvgIpc) is 2.55. The molecule has 0 radical (unpaired) electrons. The van der Waals surface area contributed by atoms with Crippen LogP contribution >= 0.6 is 0 Å². The molecule has 1 saturated carbocycles. The Hall–Kier alpha value is -2.08. The maximum atomic E-state index is 12.0. The van der Waals surface area contributed by atoms with Crippen molar-refractivity contribution in [3.63, 3.8) is 0 Å². The molecule has 1 aliphatic rings. The molecule has 1 fully saturated rings. The fraction of sp³-hybridized carbons (Fsp3) is 0.529. The first-order valence-electron chi connectivity index (χ1n) is 7.95. The van der Waals surface area contributed by atoms with Crippen molar-refractivity contribution >= 4 is 23.2 Å². The van der Waals surface area contributed by atoms with Crippen LogP contribution in [0.3, 0.4) is 0 Å². The van der Waals surface area contributed by atoms with Crippen LogP contribution in [0.25, 0.3) is 0 Å². The van der Waals surface area contributed by atoms with Gasteiger partial charge in [0.2, 0.25) is 11.8 Å². The minimum atomic E-state index is -0.190. The van der Waals surface area contributed by atoms with Crippen molar-refractivity contribution in [2.45, 2.75) is 45.1 Å². The first kappa shape index (κ1) is 17.3. The van der Waals surface area contributed by atoms with Crippen molar-refractivity contribution < 1.29 is 19.1 Å². The second-order valence-corrected chi connectivity index (χ2v) is 5.72. The number of hydrogen-bond donors (Lipinski definition) is 2. The lowest BCUT2D eigenvalue weighted by molar-refractivity contribution is -0.123. The van der Waals surface area contributed by atoms with E-state index in [2.05, 4.69) is 10.6 Å². The van der Waals surface area contributed by atoms with Crippen LogP contribution in [-0.2, 0) is 14.3 Å². The summed E-state index contributed by atoms with van der Waals surface area (Å²) in [6.45, 7) is 1.48. The van der Waals surface area contributed by atoms with Crippen molar-refractivity contribution in [2.24, 2.45) is 0 Å². The number of benzene rings is 1. The highest BCUT2D eigenvalue weighted by Crippen LogP contribution is 2.28. The van der Waals surface area contributed by atoms with Gasteiger partial charge in [0.15, 0.2) is 0 Å². The molecule has 0 spiro atoms. The summed E-state index contributed by atoms with van der Waals surface area (Å²) in [6.07, 6.45) is 5.87. The van der Waals surface area contributed by atoms with Gasteiger partial charge in [0.05, 0.1) is 18.9 Å². The fourth-order valence-electron chi connectivity index (χ4n) is 2.68. The number of amides is 2. The first-order chi connectivity index (χ1) is 11.1. The molecule has 0 bridgehead atoms. The monoisotopic (exact) mass is 320 g/mol. The van der Waals surface area contributed by atoms with E-state index in [4.69, 9.17) is 9.47 Å². The highest BCUT2D eigenvalue weighted by molar-refractivity contribution is 5.94. The summed E-state index contributed by atoms with van der Waals surface area (Å²) in [6, 6.07) is 5.08. The van der Waals surface area contributed by atoms with E-state index in [1.54, 1.807) is 18.2 Å². The van der Waals surface area contributed by atoms with Gasteiger partial charge in [0, 0.05) is 18.7 Å². The predicted molar refractivity (Wildman–Crippen MR) is 88.8 cm³/mol. The van der Waals surface area contributed by atoms with Crippen LogP contribution in [0.5, 0.6) is 5.75 Å². The number of carbonyl (C=O) groups is 2. The first-order valence-corrected chi connectivity index (χ1v) is 7.95. The Morgan fingerprint density at radius 2 is 1.91 bits per heavy atom. The Balaban J connectivity index is 1.88. The summed E-state index contributed by atoms with van der Waals surface area (Å²) in [5, 5.41) is 5.45. The third-order valence-corrected chi connectivity index (χ3v) is 3.80. The van der Waals surface area contributed by atoms with Crippen LogP contribution in [0.4, 0.5) is 11.4 Å². The van der Waals surface area contributed by atoms with E-state index in [1.807, 2.05) is 0 Å². The summed E-state index contributed by atoms with van der Waals surface area (Å²) in [4.78, 5) is 23.1. The SMILES string of the molecule is COc1cc(NC(=O)COC2CCCCC2)ccc1NC(C)=O. The molecule has 2 amide bonds. The highest BCUT2D eigenvalue weighted by Gasteiger charge is 2.15. The lowest BCUT2D eigenvalue weighted by atomic mass is 9.98. The number of methoxy groups -OCH3 is 1. The zero-order valence-corrected chi connectivity index (χ0v) is 13.7. The van der Waals surface area contributed by atoms with Crippen molar-refractivity contribution in [1.82, 2.24) is 0 Å². The van der Waals surface area contributed by atoms with E-state index in [0.717, 1.165) is 12.8 Å². The smallest absolute Gasteiger partial charge is 0.250 e. The molecule has 1 aromatic rings. The molecule has 1 aliphatic carbocycles. The van der Waals surface area contributed by atoms with Crippen LogP contribution in [0, 0.1) is 0 Å². The standard InChI is InChI=1S/C17H24N2O4/c1-12(20)18-15-9-8-13(10-16(15)22-2)19-17(21)11-23-14-6-4-3-5-7-14/h8-10,14H,3-7,11H2,1-2H3,(H,18,20)(H,19,21). The summed E-state index contributed by atoms with van der Waals surface area (Å²) in [5.41, 5.74) is 1.17. The Kier molecular flexibility index (Phi) is 6.40. The predicted octanol–water partition coefficient (Wildman–Crippen LogP) is 2.94. The van der Waals surface area contributed by atoms with Crippen LogP contribution in [-0.4, -0.2) is 31.6 Å². The van der Waals surface area contributed by atoms with Gasteiger partial charge in [0.25, 0.3) is 0 Å². The van der Waals surface area contributed by atoms with Crippen molar-refractivity contribution in [2.75, 3.05) is 24.4 Å². The van der Waals surface area contributed by atoms with Gasteiger partial charge < -0.3 is 20.1 Å². The Labute approximate surface area is 136 Å². The summed E-state index contributed by atoms with van der Waals surface area (Å²) in [5.74, 6) is 0.122. The maximum absolute atomic E-state index is 12.0. The molecule has 0 aliphatic heterocycles. The lowest BCUT2D eigenvalue weighted by Gasteiger charge is -2.21. The molecule has 6 heteroatoms.